The summed E-state index contributed by atoms with van der Waals surface area (Å²) < 4.78 is 29.1. The largest absolute Gasteiger partial charge is 0.368 e. The molecule has 0 saturated heterocycles. The first-order valence-electron chi connectivity index (χ1n) is 3.16. The molecule has 11 heavy (non-hydrogen) atoms. The van der Waals surface area contributed by atoms with Crippen LogP contribution < -0.4 is 0 Å². The Labute approximate surface area is 65.4 Å². The smallest absolute Gasteiger partial charge is 0.267 e. The highest BCUT2D eigenvalue weighted by molar-refractivity contribution is 7.86. The lowest BCUT2D eigenvalue weighted by atomic mass is 10.2. The van der Waals surface area contributed by atoms with Gasteiger partial charge in [-0.3, -0.25) is 4.55 Å². The molecule has 0 aliphatic rings. The van der Waals surface area contributed by atoms with Gasteiger partial charge in [-0.15, -0.1) is 0 Å². The molecule has 1 atom stereocenters. The molecule has 0 rings (SSSR count). The number of aliphatic hydroxyl groups is 2. The average molecular weight is 184 g/mol. The molecule has 0 aromatic carbocycles. The number of rotatable bonds is 4. The maximum atomic E-state index is 10.3. The second kappa shape index (κ2) is 4.01. The first-order valence-corrected chi connectivity index (χ1v) is 4.67. The van der Waals surface area contributed by atoms with E-state index in [1.54, 1.807) is 0 Å². The summed E-state index contributed by atoms with van der Waals surface area (Å²) in [4.78, 5) is 0. The van der Waals surface area contributed by atoms with Crippen molar-refractivity contribution in [1.29, 1.82) is 0 Å². The van der Waals surface area contributed by atoms with E-state index in [0.717, 1.165) is 0 Å². The van der Waals surface area contributed by atoms with Crippen molar-refractivity contribution in [2.24, 2.45) is 0 Å². The van der Waals surface area contributed by atoms with Crippen molar-refractivity contribution in [2.45, 2.75) is 31.3 Å². The Bertz CT molecular complexity index is 195. The zero-order valence-electron chi connectivity index (χ0n) is 6.14. The van der Waals surface area contributed by atoms with E-state index in [0.29, 0.717) is 0 Å². The molecule has 0 aliphatic carbocycles. The molecule has 0 saturated carbocycles. The predicted octanol–water partition coefficient (Wildman–Crippen LogP) is -0.646. The molecule has 0 bridgehead atoms. The van der Waals surface area contributed by atoms with Crippen LogP contribution >= 0.6 is 0 Å². The van der Waals surface area contributed by atoms with Gasteiger partial charge in [0.25, 0.3) is 10.1 Å². The van der Waals surface area contributed by atoms with Crippen molar-refractivity contribution in [3.8, 4) is 0 Å². The van der Waals surface area contributed by atoms with Gasteiger partial charge in [-0.1, -0.05) is 0 Å². The highest BCUT2D eigenvalue weighted by Gasteiger charge is 2.17. The Hall–Kier alpha value is -0.170. The lowest BCUT2D eigenvalue weighted by Gasteiger charge is -2.07. The van der Waals surface area contributed by atoms with Gasteiger partial charge in [0, 0.05) is 0 Å². The van der Waals surface area contributed by atoms with Crippen LogP contribution in [-0.4, -0.2) is 34.7 Å². The van der Waals surface area contributed by atoms with Gasteiger partial charge in [0.1, 0.15) is 0 Å². The van der Waals surface area contributed by atoms with Crippen LogP contribution in [0.5, 0.6) is 0 Å². The molecule has 0 heterocycles. The van der Waals surface area contributed by atoms with Crippen LogP contribution in [0.4, 0.5) is 0 Å². The van der Waals surface area contributed by atoms with Crippen LogP contribution in [0.2, 0.25) is 0 Å². The Morgan fingerprint density at radius 2 is 1.73 bits per heavy atom. The third kappa shape index (κ3) is 5.14. The van der Waals surface area contributed by atoms with E-state index in [-0.39, 0.29) is 12.8 Å². The standard InChI is InChI=1S/C5H12O5S/c1-4(11(8,9)10)2-3-5(6)7/h4-7H,2-3H2,1H3,(H,8,9,10). The third-order valence-corrected chi connectivity index (χ3v) is 2.59. The molecular weight excluding hydrogens is 172 g/mol. The molecule has 0 aromatic rings. The average Bonchev–Trinajstić information content (AvgIpc) is 1.80. The second-order valence-electron chi connectivity index (χ2n) is 2.38. The highest BCUT2D eigenvalue weighted by Crippen LogP contribution is 2.06. The summed E-state index contributed by atoms with van der Waals surface area (Å²) in [6.45, 7) is 1.30. The highest BCUT2D eigenvalue weighted by atomic mass is 32.2. The zero-order valence-corrected chi connectivity index (χ0v) is 6.95. The number of hydrogen-bond acceptors (Lipinski definition) is 4. The van der Waals surface area contributed by atoms with Crippen molar-refractivity contribution in [2.75, 3.05) is 0 Å². The van der Waals surface area contributed by atoms with Crippen LogP contribution in [0.15, 0.2) is 0 Å². The minimum absolute atomic E-state index is 0.0382. The van der Waals surface area contributed by atoms with Crippen LogP contribution in [-0.2, 0) is 10.1 Å². The van der Waals surface area contributed by atoms with E-state index in [1.165, 1.54) is 6.92 Å². The lowest BCUT2D eigenvalue weighted by molar-refractivity contribution is -0.0462. The fourth-order valence-corrected chi connectivity index (χ4v) is 0.967. The van der Waals surface area contributed by atoms with E-state index in [4.69, 9.17) is 14.8 Å². The van der Waals surface area contributed by atoms with Gasteiger partial charge in [-0.25, -0.2) is 0 Å². The molecule has 0 amide bonds. The van der Waals surface area contributed by atoms with E-state index in [2.05, 4.69) is 0 Å². The summed E-state index contributed by atoms with van der Waals surface area (Å²) in [5.74, 6) is 0. The van der Waals surface area contributed by atoms with Gasteiger partial charge >= 0.3 is 0 Å². The van der Waals surface area contributed by atoms with Gasteiger partial charge < -0.3 is 10.2 Å². The molecule has 5 nitrogen and oxygen atoms in total. The van der Waals surface area contributed by atoms with Gasteiger partial charge in [-0.05, 0) is 19.8 Å². The molecule has 6 heteroatoms. The van der Waals surface area contributed by atoms with Crippen LogP contribution in [0.25, 0.3) is 0 Å². The third-order valence-electron chi connectivity index (χ3n) is 1.34. The van der Waals surface area contributed by atoms with Gasteiger partial charge in [0.05, 0.1) is 5.25 Å². The first kappa shape index (κ1) is 10.8. The fraction of sp³-hybridized carbons (Fsp3) is 1.00. The SMILES string of the molecule is CC(CCC(O)O)S(=O)(=O)O. The Kier molecular flexibility index (Phi) is 3.95. The summed E-state index contributed by atoms with van der Waals surface area (Å²) in [7, 11) is -4.02. The quantitative estimate of drug-likeness (QED) is 0.399. The minimum Gasteiger partial charge on any atom is -0.368 e. The summed E-state index contributed by atoms with van der Waals surface area (Å²) in [5, 5.41) is 15.8. The monoisotopic (exact) mass is 184 g/mol. The molecule has 0 aromatic heterocycles. The van der Waals surface area contributed by atoms with Crippen molar-refractivity contribution in [1.82, 2.24) is 0 Å². The second-order valence-corrected chi connectivity index (χ2v) is 4.22. The summed E-state index contributed by atoms with van der Waals surface area (Å²) >= 11 is 0. The molecular formula is C5H12O5S. The van der Waals surface area contributed by atoms with E-state index in [1.807, 2.05) is 0 Å². The Morgan fingerprint density at radius 1 is 1.27 bits per heavy atom. The number of aliphatic hydroxyl groups excluding tert-OH is 1. The molecule has 1 unspecified atom stereocenters. The van der Waals surface area contributed by atoms with E-state index < -0.39 is 21.7 Å². The van der Waals surface area contributed by atoms with Crippen molar-refractivity contribution in [3.05, 3.63) is 0 Å². The predicted molar refractivity (Wildman–Crippen MR) is 38.5 cm³/mol. The molecule has 0 radical (unpaired) electrons. The lowest BCUT2D eigenvalue weighted by Crippen LogP contribution is -2.18. The minimum atomic E-state index is -4.02. The van der Waals surface area contributed by atoms with Crippen LogP contribution in [0, 0.1) is 0 Å². The fourth-order valence-electron chi connectivity index (χ4n) is 0.533. The van der Waals surface area contributed by atoms with Crippen LogP contribution in [0.3, 0.4) is 0 Å². The van der Waals surface area contributed by atoms with Gasteiger partial charge in [-0.2, -0.15) is 8.42 Å². The summed E-state index contributed by atoms with van der Waals surface area (Å²) in [6, 6.07) is 0. The molecule has 3 N–H and O–H groups in total. The molecule has 68 valence electrons. The molecule has 0 spiro atoms. The maximum Gasteiger partial charge on any atom is 0.267 e. The van der Waals surface area contributed by atoms with Crippen LogP contribution in [0.1, 0.15) is 19.8 Å². The van der Waals surface area contributed by atoms with Gasteiger partial charge in [0.2, 0.25) is 0 Å². The van der Waals surface area contributed by atoms with E-state index in [9.17, 15) is 8.42 Å². The zero-order chi connectivity index (χ0) is 9.07. The van der Waals surface area contributed by atoms with Crippen molar-refractivity contribution < 1.29 is 23.2 Å². The van der Waals surface area contributed by atoms with Crippen molar-refractivity contribution in [3.63, 3.8) is 0 Å². The molecule has 0 fully saturated rings. The first-order chi connectivity index (χ1) is 4.84. The molecule has 0 aliphatic heterocycles. The maximum absolute atomic E-state index is 10.3. The topological polar surface area (TPSA) is 94.8 Å². The van der Waals surface area contributed by atoms with E-state index >= 15 is 0 Å². The Balaban J connectivity index is 3.81. The Morgan fingerprint density at radius 3 is 2.00 bits per heavy atom. The summed E-state index contributed by atoms with van der Waals surface area (Å²) in [5.41, 5.74) is 0. The normalized spacial score (nSPS) is 15.4. The number of hydrogen-bond donors (Lipinski definition) is 3. The van der Waals surface area contributed by atoms with Crippen molar-refractivity contribution >= 4 is 10.1 Å². The van der Waals surface area contributed by atoms with Gasteiger partial charge in [0.15, 0.2) is 6.29 Å². The summed E-state index contributed by atoms with van der Waals surface area (Å²) in [6.07, 6.45) is -1.53.